The normalized spacial score (nSPS) is 18.5. The van der Waals surface area contributed by atoms with E-state index in [1.807, 2.05) is 26.0 Å². The smallest absolute Gasteiger partial charge is 0.340 e. The Labute approximate surface area is 366 Å². The Hall–Kier alpha value is -3.80. The molecule has 2 aromatic heterocycles. The van der Waals surface area contributed by atoms with Crippen molar-refractivity contribution in [3.8, 4) is 0 Å². The molecule has 13 nitrogen and oxygen atoms in total. The fourth-order valence-electron chi connectivity index (χ4n) is 7.55. The third-order valence-corrected chi connectivity index (χ3v) is 15.6. The van der Waals surface area contributed by atoms with Crippen molar-refractivity contribution >= 4 is 97.1 Å². The first-order valence-corrected chi connectivity index (χ1v) is 24.8. The van der Waals surface area contributed by atoms with Gasteiger partial charge in [-0.15, -0.1) is 11.3 Å². The number of nitrogens with one attached hydrogen (secondary N) is 1. The highest BCUT2D eigenvalue weighted by molar-refractivity contribution is 8.13. The molecule has 4 aromatic rings. The van der Waals surface area contributed by atoms with Gasteiger partial charge in [-0.3, -0.25) is 28.5 Å². The Balaban J connectivity index is 1.16. The summed E-state index contributed by atoms with van der Waals surface area (Å²) in [4.78, 5) is 69.5. The van der Waals surface area contributed by atoms with Crippen LogP contribution in [-0.2, 0) is 38.5 Å². The topological polar surface area (TPSA) is 165 Å². The summed E-state index contributed by atoms with van der Waals surface area (Å²) in [6.07, 6.45) is 7.19. The number of halogens is 2. The minimum absolute atomic E-state index is 0.00831. The first-order chi connectivity index (χ1) is 29.3. The van der Waals surface area contributed by atoms with Gasteiger partial charge in [0.25, 0.3) is 5.91 Å². The molecule has 19 heteroatoms. The molecule has 2 saturated heterocycles. The van der Waals surface area contributed by atoms with Crippen molar-refractivity contribution in [3.05, 3.63) is 65.2 Å². The Morgan fingerprint density at radius 3 is 2.30 bits per heavy atom. The summed E-state index contributed by atoms with van der Waals surface area (Å²) in [5, 5.41) is 11.7. The van der Waals surface area contributed by atoms with Crippen LogP contribution in [0, 0.1) is 0 Å². The van der Waals surface area contributed by atoms with E-state index >= 15 is 8.78 Å². The minimum Gasteiger partial charge on any atom is -0.340 e. The van der Waals surface area contributed by atoms with Crippen molar-refractivity contribution in [1.82, 2.24) is 20.4 Å². The second-order valence-corrected chi connectivity index (χ2v) is 20.4. The maximum absolute atomic E-state index is 16.3. The van der Waals surface area contributed by atoms with Gasteiger partial charge in [0.15, 0.2) is 10.2 Å². The number of fused-ring (bicyclic) bond motifs is 3. The number of carbonyl (C=O) groups is 5. The van der Waals surface area contributed by atoms with Gasteiger partial charge in [0.05, 0.1) is 29.8 Å². The van der Waals surface area contributed by atoms with E-state index in [0.717, 1.165) is 65.2 Å². The zero-order valence-corrected chi connectivity index (χ0v) is 37.7. The van der Waals surface area contributed by atoms with Crippen LogP contribution in [0.4, 0.5) is 14.5 Å². The summed E-state index contributed by atoms with van der Waals surface area (Å²) in [5.74, 6) is -1.15. The quantitative estimate of drug-likeness (QED) is 0.0746. The van der Waals surface area contributed by atoms with Crippen molar-refractivity contribution in [1.29, 1.82) is 0 Å². The molecule has 1 N–H and O–H groups in total. The number of amides is 3. The Kier molecular flexibility index (Phi) is 16.1. The van der Waals surface area contributed by atoms with Crippen LogP contribution < -0.4 is 10.2 Å². The summed E-state index contributed by atoms with van der Waals surface area (Å²) in [7, 11) is -3.53. The number of anilines is 1. The van der Waals surface area contributed by atoms with E-state index < -0.39 is 50.0 Å². The highest BCUT2D eigenvalue weighted by Gasteiger charge is 2.55. The summed E-state index contributed by atoms with van der Waals surface area (Å²) in [5.41, 5.74) is -3.46. The molecule has 0 bridgehead atoms. The van der Waals surface area contributed by atoms with Crippen molar-refractivity contribution in [2.75, 3.05) is 36.7 Å². The van der Waals surface area contributed by atoms with Gasteiger partial charge in [-0.2, -0.15) is 19.0 Å². The molecule has 2 aliphatic rings. The molecule has 0 spiro atoms. The maximum Gasteiger partial charge on any atom is 0.404 e. The largest absolute Gasteiger partial charge is 0.404 e. The predicted octanol–water partition coefficient (Wildman–Crippen LogP) is 8.93. The lowest BCUT2D eigenvalue weighted by atomic mass is 9.99. The second kappa shape index (κ2) is 21.0. The lowest BCUT2D eigenvalue weighted by Gasteiger charge is -2.36. The number of thiophene rings is 1. The molecule has 61 heavy (non-hydrogen) atoms. The monoisotopic (exact) mass is 917 g/mol. The number of nitrogens with zero attached hydrogens (tertiary/aromatic N) is 4. The van der Waals surface area contributed by atoms with Crippen LogP contribution in [0.5, 0.6) is 0 Å². The summed E-state index contributed by atoms with van der Waals surface area (Å²) in [6, 6.07) is 10.5. The van der Waals surface area contributed by atoms with Crippen LogP contribution in [0.15, 0.2) is 54.7 Å². The van der Waals surface area contributed by atoms with Gasteiger partial charge in [-0.1, -0.05) is 56.3 Å². The summed E-state index contributed by atoms with van der Waals surface area (Å²) < 4.78 is 57.7. The van der Waals surface area contributed by atoms with E-state index in [1.165, 1.54) is 12.1 Å². The molecule has 0 unspecified atom stereocenters. The van der Waals surface area contributed by atoms with E-state index in [9.17, 15) is 28.5 Å². The third-order valence-electron chi connectivity index (χ3n) is 10.7. The molecule has 2 aromatic carbocycles. The van der Waals surface area contributed by atoms with Crippen molar-refractivity contribution < 1.29 is 46.4 Å². The van der Waals surface area contributed by atoms with E-state index in [0.29, 0.717) is 67.3 Å². The Morgan fingerprint density at radius 2 is 1.61 bits per heavy atom. The van der Waals surface area contributed by atoms with E-state index in [4.69, 9.17) is 9.05 Å². The number of likely N-dealkylation sites (N-methyl/N-ethyl adjacent to an activating group) is 1. The van der Waals surface area contributed by atoms with Crippen LogP contribution in [0.2, 0.25) is 0 Å². The molecule has 0 radical (unpaired) electrons. The summed E-state index contributed by atoms with van der Waals surface area (Å²) in [6.45, 7) is 2.80. The molecule has 3 atom stereocenters. The van der Waals surface area contributed by atoms with Gasteiger partial charge in [-0.25, -0.2) is 0 Å². The molecular weight excluding hydrogens is 868 g/mol. The standard InChI is InChI=1S/C42H50F2N5O8PS3/c1-4-8-37(50)59-22-20-56-58(55,57-21-23-60-38(51)9-5-2)42(43,44)29-12-17-35-28(24-29)26-36(61-35)39(52)46-33-11-7-6-10-30-14-16-34(49(30)40(33)53)41(54)48(3)31-13-15-32-27(25-31)18-19-45-47-32/h12-13,15,17-19,24-26,30,33-34H,4-11,14,16,20-23H2,1-3H3,(H,46,52)/t30-,33-,34-/m0/s1. The van der Waals surface area contributed by atoms with Gasteiger partial charge in [0.1, 0.15) is 12.1 Å². The highest BCUT2D eigenvalue weighted by atomic mass is 32.2. The van der Waals surface area contributed by atoms with Crippen LogP contribution >= 0.6 is 42.5 Å². The third kappa shape index (κ3) is 11.1. The molecule has 6 rings (SSSR count). The average Bonchev–Trinajstić information content (AvgIpc) is 3.88. The van der Waals surface area contributed by atoms with Gasteiger partial charge in [0.2, 0.25) is 11.8 Å². The molecule has 4 heterocycles. The van der Waals surface area contributed by atoms with Crippen molar-refractivity contribution in [2.45, 2.75) is 102 Å². The first kappa shape index (κ1) is 46.7. The first-order valence-electron chi connectivity index (χ1n) is 20.5. The number of hydrogen-bond acceptors (Lipinski definition) is 13. The maximum atomic E-state index is 16.3. The fourth-order valence-corrected chi connectivity index (χ4v) is 11.7. The number of alkyl halides is 2. The van der Waals surface area contributed by atoms with Gasteiger partial charge in [-0.05, 0) is 86.4 Å². The number of aromatic nitrogens is 2. The number of thioether (sulfide) groups is 2. The molecule has 0 saturated carbocycles. The lowest BCUT2D eigenvalue weighted by molar-refractivity contribution is -0.141. The van der Waals surface area contributed by atoms with Crippen LogP contribution in [0.25, 0.3) is 21.0 Å². The van der Waals surface area contributed by atoms with Crippen LogP contribution in [0.3, 0.4) is 0 Å². The number of rotatable bonds is 18. The van der Waals surface area contributed by atoms with Crippen LogP contribution in [-0.4, -0.2) is 92.9 Å². The van der Waals surface area contributed by atoms with Gasteiger partial charge < -0.3 is 24.2 Å². The second-order valence-electron chi connectivity index (χ2n) is 15.0. The molecule has 3 amide bonds. The van der Waals surface area contributed by atoms with Gasteiger partial charge >= 0.3 is 13.3 Å². The predicted molar refractivity (Wildman–Crippen MR) is 236 cm³/mol. The Morgan fingerprint density at radius 1 is 0.918 bits per heavy atom. The van der Waals surface area contributed by atoms with Crippen molar-refractivity contribution in [2.24, 2.45) is 0 Å². The van der Waals surface area contributed by atoms with E-state index in [1.54, 1.807) is 35.2 Å². The number of benzene rings is 2. The molecular formula is C42H50F2N5O8PS3. The lowest BCUT2D eigenvalue weighted by Crippen LogP contribution is -2.56. The van der Waals surface area contributed by atoms with E-state index in [2.05, 4.69) is 15.5 Å². The molecule has 0 aliphatic carbocycles. The number of hydrogen-bond donors (Lipinski definition) is 1. The zero-order chi connectivity index (χ0) is 43.7. The molecule has 2 fully saturated rings. The van der Waals surface area contributed by atoms with Crippen molar-refractivity contribution in [3.63, 3.8) is 0 Å². The Bertz CT molecular complexity index is 2270. The van der Waals surface area contributed by atoms with Crippen LogP contribution in [0.1, 0.15) is 93.3 Å². The number of carbonyl (C=O) groups excluding carboxylic acids is 5. The minimum atomic E-state index is -5.21. The molecule has 2 aliphatic heterocycles. The highest BCUT2D eigenvalue weighted by Crippen LogP contribution is 2.67. The zero-order valence-electron chi connectivity index (χ0n) is 34.3. The van der Waals surface area contributed by atoms with Gasteiger partial charge in [0, 0.05) is 58.8 Å². The SMILES string of the molecule is CCCC(=O)SCCOP(=O)(OCCSC(=O)CCC)C(F)(F)c1ccc2sc(C(=O)N[C@H]3CCCC[C@H]4CC[C@@H](C(=O)N(C)c5ccc6nnccc6c5)N4C3=O)cc2c1. The fraction of sp³-hybridized carbons (Fsp3) is 0.500. The average molecular weight is 918 g/mol. The molecule has 328 valence electrons. The summed E-state index contributed by atoms with van der Waals surface area (Å²) >= 11 is 2.85. The van der Waals surface area contributed by atoms with E-state index in [-0.39, 0.29) is 49.9 Å².